The van der Waals surface area contributed by atoms with Crippen LogP contribution in [0.25, 0.3) is 0 Å². The second-order valence-electron chi connectivity index (χ2n) is 4.08. The first-order valence-corrected chi connectivity index (χ1v) is 5.79. The second-order valence-corrected chi connectivity index (χ2v) is 4.08. The molecule has 13 heavy (non-hydrogen) atoms. The number of likely N-dealkylation sites (tertiary alicyclic amines) is 1. The fourth-order valence-electron chi connectivity index (χ4n) is 2.61. The van der Waals surface area contributed by atoms with E-state index in [1.807, 2.05) is 0 Å². The number of hydrogen-bond donors (Lipinski definition) is 1. The van der Waals surface area contributed by atoms with Crippen LogP contribution in [0.4, 0.5) is 0 Å². The van der Waals surface area contributed by atoms with Crippen molar-refractivity contribution in [2.24, 2.45) is 5.73 Å². The predicted molar refractivity (Wildman–Crippen MR) is 57.8 cm³/mol. The number of nitrogens with two attached hydrogens (primary N) is 1. The van der Waals surface area contributed by atoms with Crippen LogP contribution in [0.1, 0.15) is 46.0 Å². The Morgan fingerprint density at radius 2 is 1.69 bits per heavy atom. The minimum Gasteiger partial charge on any atom is -0.329 e. The van der Waals surface area contributed by atoms with Gasteiger partial charge in [-0.25, -0.2) is 0 Å². The Morgan fingerprint density at radius 1 is 1.15 bits per heavy atom. The summed E-state index contributed by atoms with van der Waals surface area (Å²) in [6.07, 6.45) is 6.76. The van der Waals surface area contributed by atoms with Crippen molar-refractivity contribution < 1.29 is 0 Å². The van der Waals surface area contributed by atoms with E-state index < -0.39 is 0 Å². The maximum absolute atomic E-state index is 5.65. The van der Waals surface area contributed by atoms with Crippen LogP contribution in [0.3, 0.4) is 0 Å². The first kappa shape index (κ1) is 11.0. The van der Waals surface area contributed by atoms with Crippen LogP contribution in [-0.2, 0) is 0 Å². The summed E-state index contributed by atoms with van der Waals surface area (Å²) >= 11 is 0. The maximum Gasteiger partial charge on any atom is 0.0110 e. The van der Waals surface area contributed by atoms with Crippen LogP contribution in [0.5, 0.6) is 0 Å². The highest BCUT2D eigenvalue weighted by Gasteiger charge is 2.27. The molecule has 1 rings (SSSR count). The lowest BCUT2D eigenvalue weighted by molar-refractivity contribution is 0.0812. The van der Waals surface area contributed by atoms with Crippen LogP contribution in [0.15, 0.2) is 0 Å². The van der Waals surface area contributed by atoms with Gasteiger partial charge in [0, 0.05) is 25.2 Å². The van der Waals surface area contributed by atoms with Crippen molar-refractivity contribution in [1.29, 1.82) is 0 Å². The average molecular weight is 184 g/mol. The molecule has 1 aliphatic rings. The molecular weight excluding hydrogens is 160 g/mol. The molecule has 0 aromatic heterocycles. The van der Waals surface area contributed by atoms with Crippen molar-refractivity contribution in [2.45, 2.75) is 58.0 Å². The highest BCUT2D eigenvalue weighted by atomic mass is 15.2. The lowest BCUT2D eigenvalue weighted by Crippen LogP contribution is -2.48. The van der Waals surface area contributed by atoms with Gasteiger partial charge in [0.2, 0.25) is 0 Å². The van der Waals surface area contributed by atoms with E-state index >= 15 is 0 Å². The quantitative estimate of drug-likeness (QED) is 0.724. The molecule has 2 heteroatoms. The molecule has 0 spiro atoms. The monoisotopic (exact) mass is 184 g/mol. The van der Waals surface area contributed by atoms with Crippen molar-refractivity contribution in [3.63, 3.8) is 0 Å². The summed E-state index contributed by atoms with van der Waals surface area (Å²) in [5, 5.41) is 0. The Balaban J connectivity index is 2.53. The molecule has 0 aromatic carbocycles. The molecule has 1 saturated heterocycles. The molecule has 1 fully saturated rings. The lowest BCUT2D eigenvalue weighted by atomic mass is 9.92. The van der Waals surface area contributed by atoms with Crippen LogP contribution in [0.2, 0.25) is 0 Å². The standard InChI is InChI=1S/C11H24N2/c1-3-10-6-5-7-11(4-2)13(10)9-8-12/h10-11H,3-9,12H2,1-2H3. The fraction of sp³-hybridized carbons (Fsp3) is 1.00. The molecule has 0 aliphatic carbocycles. The predicted octanol–water partition coefficient (Wildman–Crippen LogP) is 1.99. The smallest absolute Gasteiger partial charge is 0.0110 e. The van der Waals surface area contributed by atoms with Crippen molar-refractivity contribution in [3.8, 4) is 0 Å². The summed E-state index contributed by atoms with van der Waals surface area (Å²) in [6, 6.07) is 1.62. The van der Waals surface area contributed by atoms with Gasteiger partial charge >= 0.3 is 0 Å². The molecule has 0 aromatic rings. The third kappa shape index (κ3) is 2.68. The fourth-order valence-corrected chi connectivity index (χ4v) is 2.61. The van der Waals surface area contributed by atoms with Crippen molar-refractivity contribution >= 4 is 0 Å². The zero-order valence-corrected chi connectivity index (χ0v) is 9.13. The normalized spacial score (nSPS) is 30.7. The lowest BCUT2D eigenvalue weighted by Gasteiger charge is -2.41. The van der Waals surface area contributed by atoms with Gasteiger partial charge < -0.3 is 5.73 Å². The molecule has 2 nitrogen and oxygen atoms in total. The van der Waals surface area contributed by atoms with Crippen LogP contribution in [0, 0.1) is 0 Å². The third-order valence-electron chi connectivity index (χ3n) is 3.34. The van der Waals surface area contributed by atoms with Crippen molar-refractivity contribution in [2.75, 3.05) is 13.1 Å². The Morgan fingerprint density at radius 3 is 2.08 bits per heavy atom. The molecule has 0 amide bonds. The van der Waals surface area contributed by atoms with Crippen LogP contribution in [-0.4, -0.2) is 30.1 Å². The Hall–Kier alpha value is -0.0800. The van der Waals surface area contributed by atoms with Gasteiger partial charge in [0.1, 0.15) is 0 Å². The Kier molecular flexibility index (Phi) is 4.74. The largest absolute Gasteiger partial charge is 0.329 e. The summed E-state index contributed by atoms with van der Waals surface area (Å²) in [6.45, 7) is 6.50. The highest BCUT2D eigenvalue weighted by molar-refractivity contribution is 4.83. The average Bonchev–Trinajstić information content (AvgIpc) is 2.18. The van der Waals surface area contributed by atoms with E-state index in [-0.39, 0.29) is 0 Å². The zero-order chi connectivity index (χ0) is 9.68. The first-order valence-electron chi connectivity index (χ1n) is 5.79. The summed E-state index contributed by atoms with van der Waals surface area (Å²) in [4.78, 5) is 2.64. The Labute approximate surface area is 82.5 Å². The molecule has 0 radical (unpaired) electrons. The van der Waals surface area contributed by atoms with Gasteiger partial charge in [-0.1, -0.05) is 20.3 Å². The summed E-state index contributed by atoms with van der Waals surface area (Å²) < 4.78 is 0. The van der Waals surface area contributed by atoms with Crippen LogP contribution < -0.4 is 5.73 Å². The highest BCUT2D eigenvalue weighted by Crippen LogP contribution is 2.25. The van der Waals surface area contributed by atoms with E-state index in [0.717, 1.165) is 25.2 Å². The molecule has 2 atom stereocenters. The van der Waals surface area contributed by atoms with Gasteiger partial charge in [-0.2, -0.15) is 0 Å². The van der Waals surface area contributed by atoms with Gasteiger partial charge in [0.15, 0.2) is 0 Å². The maximum atomic E-state index is 5.65. The minimum absolute atomic E-state index is 0.808. The molecule has 78 valence electrons. The summed E-state index contributed by atoms with van der Waals surface area (Å²) in [5.41, 5.74) is 5.65. The molecule has 2 unspecified atom stereocenters. The molecule has 0 bridgehead atoms. The molecule has 1 aliphatic heterocycles. The van der Waals surface area contributed by atoms with E-state index in [1.165, 1.54) is 32.1 Å². The number of nitrogens with zero attached hydrogens (tertiary/aromatic N) is 1. The summed E-state index contributed by atoms with van der Waals surface area (Å²) in [5.74, 6) is 0. The van der Waals surface area contributed by atoms with Gasteiger partial charge in [0.05, 0.1) is 0 Å². The summed E-state index contributed by atoms with van der Waals surface area (Å²) in [7, 11) is 0. The molecule has 1 heterocycles. The Bertz CT molecular complexity index is 124. The molecule has 0 saturated carbocycles. The molecular formula is C11H24N2. The van der Waals surface area contributed by atoms with Gasteiger partial charge in [-0.05, 0) is 25.7 Å². The number of piperidine rings is 1. The van der Waals surface area contributed by atoms with E-state index in [0.29, 0.717) is 0 Å². The van der Waals surface area contributed by atoms with Gasteiger partial charge in [-0.3, -0.25) is 4.90 Å². The van der Waals surface area contributed by atoms with E-state index in [9.17, 15) is 0 Å². The van der Waals surface area contributed by atoms with E-state index in [2.05, 4.69) is 18.7 Å². The minimum atomic E-state index is 0.808. The third-order valence-corrected chi connectivity index (χ3v) is 3.34. The van der Waals surface area contributed by atoms with Crippen molar-refractivity contribution in [3.05, 3.63) is 0 Å². The SMILES string of the molecule is CCC1CCCC(CC)N1CCN. The molecule has 2 N–H and O–H groups in total. The van der Waals surface area contributed by atoms with Gasteiger partial charge in [0.25, 0.3) is 0 Å². The second kappa shape index (κ2) is 5.61. The topological polar surface area (TPSA) is 29.3 Å². The zero-order valence-electron chi connectivity index (χ0n) is 9.13. The van der Waals surface area contributed by atoms with Crippen LogP contribution >= 0.6 is 0 Å². The van der Waals surface area contributed by atoms with Gasteiger partial charge in [-0.15, -0.1) is 0 Å². The van der Waals surface area contributed by atoms with E-state index in [1.54, 1.807) is 0 Å². The number of rotatable bonds is 4. The first-order chi connectivity index (χ1) is 6.33. The van der Waals surface area contributed by atoms with Crippen molar-refractivity contribution in [1.82, 2.24) is 4.90 Å². The van der Waals surface area contributed by atoms with E-state index in [4.69, 9.17) is 5.73 Å². The number of hydrogen-bond acceptors (Lipinski definition) is 2.